The maximum Gasteiger partial charge on any atom is 0.123 e. The monoisotopic (exact) mass is 348 g/mol. The molecule has 0 aliphatic rings. The third-order valence-electron chi connectivity index (χ3n) is 3.20. The molecule has 0 radical (unpaired) electrons. The summed E-state index contributed by atoms with van der Waals surface area (Å²) in [6.07, 6.45) is 0.187. The molecule has 2 rings (SSSR count). The highest BCUT2D eigenvalue weighted by atomic mass is 79.9. The fraction of sp³-hybridized carbons (Fsp3) is 0.333. The molecule has 21 heavy (non-hydrogen) atoms. The predicted octanol–water partition coefficient (Wildman–Crippen LogP) is 5.28. The summed E-state index contributed by atoms with van der Waals surface area (Å²) in [7, 11) is 1.70. The van der Waals surface area contributed by atoms with Crippen LogP contribution >= 0.6 is 15.9 Å². The zero-order chi connectivity index (χ0) is 15.4. The smallest absolute Gasteiger partial charge is 0.123 e. The van der Waals surface area contributed by atoms with Crippen LogP contribution in [0, 0.1) is 6.92 Å². The quantitative estimate of drug-likeness (QED) is 0.684. The Labute approximate surface area is 135 Å². The lowest BCUT2D eigenvalue weighted by atomic mass is 10.0. The van der Waals surface area contributed by atoms with Gasteiger partial charge in [0.1, 0.15) is 11.5 Å². The van der Waals surface area contributed by atoms with Crippen LogP contribution in [-0.4, -0.2) is 13.2 Å². The van der Waals surface area contributed by atoms with E-state index in [4.69, 9.17) is 9.47 Å². The van der Waals surface area contributed by atoms with Gasteiger partial charge < -0.3 is 9.47 Å². The summed E-state index contributed by atoms with van der Waals surface area (Å²) in [5.74, 6) is 1.79. The van der Waals surface area contributed by atoms with Crippen LogP contribution in [0.4, 0.5) is 0 Å². The molecule has 2 nitrogen and oxygen atoms in total. The highest BCUT2D eigenvalue weighted by Crippen LogP contribution is 2.37. The van der Waals surface area contributed by atoms with Gasteiger partial charge in [0, 0.05) is 5.56 Å². The van der Waals surface area contributed by atoms with Crippen molar-refractivity contribution in [2.45, 2.75) is 31.7 Å². The van der Waals surface area contributed by atoms with Crippen LogP contribution in [0.5, 0.6) is 11.5 Å². The molecule has 0 bridgehead atoms. The average molecular weight is 349 g/mol. The Morgan fingerprint density at radius 2 is 1.67 bits per heavy atom. The normalized spacial score (nSPS) is 12.3. The first kappa shape index (κ1) is 15.9. The number of aryl methyl sites for hydroxylation is 1. The molecule has 0 heterocycles. The second kappa shape index (κ2) is 6.99. The van der Waals surface area contributed by atoms with E-state index in [1.54, 1.807) is 7.11 Å². The second-order valence-electron chi connectivity index (χ2n) is 5.34. The summed E-state index contributed by atoms with van der Waals surface area (Å²) >= 11 is 3.77. The van der Waals surface area contributed by atoms with E-state index in [2.05, 4.69) is 47.1 Å². The Morgan fingerprint density at radius 3 is 2.24 bits per heavy atom. The minimum Gasteiger partial charge on any atom is -0.496 e. The van der Waals surface area contributed by atoms with Gasteiger partial charge in [-0.2, -0.15) is 0 Å². The van der Waals surface area contributed by atoms with Crippen LogP contribution < -0.4 is 9.47 Å². The number of rotatable bonds is 5. The van der Waals surface area contributed by atoms with Gasteiger partial charge in [-0.25, -0.2) is 0 Å². The van der Waals surface area contributed by atoms with Crippen molar-refractivity contribution in [1.82, 2.24) is 0 Å². The van der Waals surface area contributed by atoms with E-state index >= 15 is 0 Å². The number of alkyl halides is 1. The summed E-state index contributed by atoms with van der Waals surface area (Å²) in [6.45, 7) is 6.14. The summed E-state index contributed by atoms with van der Waals surface area (Å²) in [6, 6.07) is 14.4. The molecule has 0 N–H and O–H groups in total. The molecule has 0 aliphatic heterocycles. The molecule has 0 saturated heterocycles. The Balaban J connectivity index is 2.27. The molecule has 0 spiro atoms. The lowest BCUT2D eigenvalue weighted by Crippen LogP contribution is -2.05. The standard InChI is InChI=1S/C18H21BrO2/c1-12(2)21-15-8-6-14(7-9-15)18(19)16-11-13(3)5-10-17(16)20-4/h5-12,18H,1-4H3. The summed E-state index contributed by atoms with van der Waals surface area (Å²) in [5.41, 5.74) is 3.53. The van der Waals surface area contributed by atoms with Crippen molar-refractivity contribution < 1.29 is 9.47 Å². The van der Waals surface area contributed by atoms with Crippen LogP contribution in [0.2, 0.25) is 0 Å². The molecule has 0 fully saturated rings. The van der Waals surface area contributed by atoms with E-state index in [0.717, 1.165) is 17.1 Å². The second-order valence-corrected chi connectivity index (χ2v) is 6.26. The Morgan fingerprint density at radius 1 is 1.00 bits per heavy atom. The lowest BCUT2D eigenvalue weighted by molar-refractivity contribution is 0.242. The first-order valence-electron chi connectivity index (χ1n) is 7.06. The SMILES string of the molecule is COc1ccc(C)cc1C(Br)c1ccc(OC(C)C)cc1. The van der Waals surface area contributed by atoms with E-state index in [9.17, 15) is 0 Å². The topological polar surface area (TPSA) is 18.5 Å². The first-order chi connectivity index (χ1) is 10.0. The minimum absolute atomic E-state index is 0.0976. The Hall–Kier alpha value is -1.48. The Bertz CT molecular complexity index is 591. The van der Waals surface area contributed by atoms with Gasteiger partial charge in [-0.1, -0.05) is 45.8 Å². The largest absolute Gasteiger partial charge is 0.496 e. The van der Waals surface area contributed by atoms with Crippen molar-refractivity contribution in [3.05, 3.63) is 59.2 Å². The number of ether oxygens (including phenoxy) is 2. The van der Waals surface area contributed by atoms with E-state index in [1.165, 1.54) is 11.1 Å². The number of halogens is 1. The van der Waals surface area contributed by atoms with Crippen molar-refractivity contribution in [1.29, 1.82) is 0 Å². The lowest BCUT2D eigenvalue weighted by Gasteiger charge is -2.16. The average Bonchev–Trinajstić information content (AvgIpc) is 2.46. The molecule has 0 amide bonds. The van der Waals surface area contributed by atoms with Gasteiger partial charge in [-0.15, -0.1) is 0 Å². The predicted molar refractivity (Wildman–Crippen MR) is 90.7 cm³/mol. The first-order valence-corrected chi connectivity index (χ1v) is 7.98. The third-order valence-corrected chi connectivity index (χ3v) is 4.22. The third kappa shape index (κ3) is 4.01. The molecule has 1 unspecified atom stereocenters. The van der Waals surface area contributed by atoms with Crippen LogP contribution in [0.1, 0.15) is 35.4 Å². The minimum atomic E-state index is 0.0976. The van der Waals surface area contributed by atoms with Gasteiger partial charge in [-0.3, -0.25) is 0 Å². The number of methoxy groups -OCH3 is 1. The van der Waals surface area contributed by atoms with Crippen molar-refractivity contribution in [2.75, 3.05) is 7.11 Å². The van der Waals surface area contributed by atoms with Gasteiger partial charge in [-0.05, 0) is 44.5 Å². The Kier molecular flexibility index (Phi) is 5.29. The maximum atomic E-state index is 5.68. The fourth-order valence-electron chi connectivity index (χ4n) is 2.22. The highest BCUT2D eigenvalue weighted by molar-refractivity contribution is 9.09. The molecule has 3 heteroatoms. The zero-order valence-corrected chi connectivity index (χ0v) is 14.5. The fourth-order valence-corrected chi connectivity index (χ4v) is 2.88. The molecular weight excluding hydrogens is 328 g/mol. The summed E-state index contributed by atoms with van der Waals surface area (Å²) in [5, 5.41) is 0. The van der Waals surface area contributed by atoms with E-state index in [1.807, 2.05) is 32.0 Å². The molecule has 0 saturated carbocycles. The maximum absolute atomic E-state index is 5.68. The van der Waals surface area contributed by atoms with Gasteiger partial charge in [0.05, 0.1) is 18.0 Å². The van der Waals surface area contributed by atoms with Gasteiger partial charge in [0.25, 0.3) is 0 Å². The van der Waals surface area contributed by atoms with Gasteiger partial charge in [0.2, 0.25) is 0 Å². The summed E-state index contributed by atoms with van der Waals surface area (Å²) < 4.78 is 11.1. The van der Waals surface area contributed by atoms with Crippen molar-refractivity contribution in [3.8, 4) is 11.5 Å². The zero-order valence-electron chi connectivity index (χ0n) is 12.9. The van der Waals surface area contributed by atoms with E-state index < -0.39 is 0 Å². The molecule has 2 aromatic carbocycles. The molecular formula is C18H21BrO2. The van der Waals surface area contributed by atoms with Gasteiger partial charge >= 0.3 is 0 Å². The number of hydrogen-bond acceptors (Lipinski definition) is 2. The van der Waals surface area contributed by atoms with E-state index in [-0.39, 0.29) is 10.9 Å². The highest BCUT2D eigenvalue weighted by Gasteiger charge is 2.15. The number of hydrogen-bond donors (Lipinski definition) is 0. The summed E-state index contributed by atoms with van der Waals surface area (Å²) in [4.78, 5) is 0.0976. The van der Waals surface area contributed by atoms with Crippen molar-refractivity contribution in [3.63, 3.8) is 0 Å². The molecule has 1 atom stereocenters. The molecule has 0 aliphatic carbocycles. The van der Waals surface area contributed by atoms with E-state index in [0.29, 0.717) is 0 Å². The van der Waals surface area contributed by atoms with Gasteiger partial charge in [0.15, 0.2) is 0 Å². The van der Waals surface area contributed by atoms with Crippen molar-refractivity contribution in [2.24, 2.45) is 0 Å². The van der Waals surface area contributed by atoms with Crippen LogP contribution in [0.15, 0.2) is 42.5 Å². The van der Waals surface area contributed by atoms with Crippen LogP contribution in [-0.2, 0) is 0 Å². The van der Waals surface area contributed by atoms with Crippen molar-refractivity contribution >= 4 is 15.9 Å². The molecule has 0 aromatic heterocycles. The van der Waals surface area contributed by atoms with Crippen LogP contribution in [0.3, 0.4) is 0 Å². The van der Waals surface area contributed by atoms with Crippen LogP contribution in [0.25, 0.3) is 0 Å². The molecule has 112 valence electrons. The molecule has 2 aromatic rings. The number of benzene rings is 2.